The second kappa shape index (κ2) is 4.88. The van der Waals surface area contributed by atoms with Crippen molar-refractivity contribution in [3.05, 3.63) is 39.0 Å². The first-order valence-electron chi connectivity index (χ1n) is 4.88. The van der Waals surface area contributed by atoms with Crippen LogP contribution >= 0.6 is 11.3 Å². The molecular formula is C10H8N4O3S. The normalized spacial score (nSPS) is 11.5. The summed E-state index contributed by atoms with van der Waals surface area (Å²) >= 11 is 0.971. The van der Waals surface area contributed by atoms with E-state index in [4.69, 9.17) is 0 Å². The van der Waals surface area contributed by atoms with Gasteiger partial charge >= 0.3 is 0 Å². The fourth-order valence-electron chi connectivity index (χ4n) is 1.29. The number of hydrogen-bond donors (Lipinski definition) is 1. The highest BCUT2D eigenvalue weighted by Crippen LogP contribution is 2.13. The van der Waals surface area contributed by atoms with E-state index in [1.165, 1.54) is 23.7 Å². The van der Waals surface area contributed by atoms with E-state index in [1.807, 2.05) is 0 Å². The molecule has 0 spiro atoms. The van der Waals surface area contributed by atoms with Crippen LogP contribution in [0.3, 0.4) is 0 Å². The number of carbonyl (C=O) groups is 1. The topological polar surface area (TPSA) is 96.9 Å². The van der Waals surface area contributed by atoms with Crippen LogP contribution in [0, 0.1) is 4.91 Å². The number of nitrogens with zero attached hydrogens (tertiary/aromatic N) is 4. The van der Waals surface area contributed by atoms with Crippen LogP contribution in [-0.4, -0.2) is 20.7 Å². The summed E-state index contributed by atoms with van der Waals surface area (Å²) in [5.74, 6) is -0.117. The van der Waals surface area contributed by atoms with Gasteiger partial charge in [-0.1, -0.05) is 16.4 Å². The minimum Gasteiger partial charge on any atom is -0.508 e. The summed E-state index contributed by atoms with van der Waals surface area (Å²) in [5.41, 5.74) is 0.568. The molecule has 0 saturated heterocycles. The molecule has 1 aromatic carbocycles. The Morgan fingerprint density at radius 1 is 1.39 bits per heavy atom. The van der Waals surface area contributed by atoms with Crippen molar-refractivity contribution in [3.8, 4) is 11.4 Å². The van der Waals surface area contributed by atoms with Gasteiger partial charge < -0.3 is 5.11 Å². The molecule has 0 aliphatic rings. The summed E-state index contributed by atoms with van der Waals surface area (Å²) in [6, 6.07) is 6.10. The van der Waals surface area contributed by atoms with Crippen LogP contribution < -0.4 is 4.80 Å². The van der Waals surface area contributed by atoms with Crippen LogP contribution in [0.5, 0.6) is 5.75 Å². The molecule has 0 atom stereocenters. The van der Waals surface area contributed by atoms with Gasteiger partial charge in [-0.25, -0.2) is 4.68 Å². The third-order valence-electron chi connectivity index (χ3n) is 2.08. The lowest BCUT2D eigenvalue weighted by molar-refractivity contribution is 0.101. The van der Waals surface area contributed by atoms with Crippen molar-refractivity contribution in [1.82, 2.24) is 9.78 Å². The van der Waals surface area contributed by atoms with E-state index >= 15 is 0 Å². The van der Waals surface area contributed by atoms with Crippen LogP contribution in [0.4, 0.5) is 0 Å². The van der Waals surface area contributed by atoms with E-state index in [0.717, 1.165) is 11.3 Å². The fourth-order valence-corrected chi connectivity index (χ4v) is 2.03. The molecule has 2 rings (SSSR count). The van der Waals surface area contributed by atoms with Gasteiger partial charge in [-0.15, -0.1) is 4.91 Å². The summed E-state index contributed by atoms with van der Waals surface area (Å²) in [6.45, 7) is 1.37. The van der Waals surface area contributed by atoms with Gasteiger partial charge in [-0.3, -0.25) is 4.79 Å². The number of aromatic nitrogens is 2. The molecule has 1 aromatic heterocycles. The zero-order chi connectivity index (χ0) is 13.1. The number of ketones is 1. The third kappa shape index (κ3) is 2.33. The number of aromatic hydroxyl groups is 1. The largest absolute Gasteiger partial charge is 0.508 e. The maximum atomic E-state index is 11.2. The van der Waals surface area contributed by atoms with Gasteiger partial charge in [0.15, 0.2) is 10.8 Å². The smallest absolute Gasteiger partial charge is 0.237 e. The van der Waals surface area contributed by atoms with Crippen molar-refractivity contribution in [2.45, 2.75) is 6.92 Å². The average molecular weight is 264 g/mol. The Balaban J connectivity index is 2.62. The summed E-state index contributed by atoms with van der Waals surface area (Å²) in [6.07, 6.45) is 0. The molecule has 0 aliphatic carbocycles. The zero-order valence-electron chi connectivity index (χ0n) is 9.27. The fraction of sp³-hybridized carbons (Fsp3) is 0.100. The van der Waals surface area contributed by atoms with Crippen molar-refractivity contribution in [1.29, 1.82) is 0 Å². The van der Waals surface area contributed by atoms with E-state index in [0.29, 0.717) is 5.69 Å². The summed E-state index contributed by atoms with van der Waals surface area (Å²) in [7, 11) is 0. The highest BCUT2D eigenvalue weighted by molar-refractivity contribution is 7.10. The van der Waals surface area contributed by atoms with Crippen LogP contribution in [0.25, 0.3) is 5.69 Å². The second-order valence-electron chi connectivity index (χ2n) is 3.36. The first-order chi connectivity index (χ1) is 8.61. The molecule has 0 saturated carbocycles. The van der Waals surface area contributed by atoms with Gasteiger partial charge in [-0.05, 0) is 24.3 Å². The Hall–Kier alpha value is -2.35. The van der Waals surface area contributed by atoms with Gasteiger partial charge in [0.1, 0.15) is 5.75 Å². The monoisotopic (exact) mass is 264 g/mol. The Morgan fingerprint density at radius 2 is 2.06 bits per heavy atom. The molecule has 0 unspecified atom stereocenters. The maximum absolute atomic E-state index is 11.2. The number of Topliss-reactive ketones (excluding diaryl/α,β-unsaturated/α-hetero) is 1. The predicted molar refractivity (Wildman–Crippen MR) is 64.5 cm³/mol. The van der Waals surface area contributed by atoms with Crippen molar-refractivity contribution >= 4 is 17.1 Å². The van der Waals surface area contributed by atoms with E-state index in [2.05, 4.69) is 15.5 Å². The molecular weight excluding hydrogens is 256 g/mol. The van der Waals surface area contributed by atoms with Gasteiger partial charge in [0, 0.05) is 6.92 Å². The van der Waals surface area contributed by atoms with Gasteiger partial charge in [0.25, 0.3) is 0 Å². The van der Waals surface area contributed by atoms with Crippen LogP contribution in [0.1, 0.15) is 16.7 Å². The molecule has 92 valence electrons. The molecule has 8 heteroatoms. The molecule has 0 amide bonds. The van der Waals surface area contributed by atoms with Gasteiger partial charge in [0.05, 0.1) is 11.0 Å². The molecule has 1 N–H and O–H groups in total. The minimum atomic E-state index is -0.222. The lowest BCUT2D eigenvalue weighted by atomic mass is 10.3. The van der Waals surface area contributed by atoms with Crippen LogP contribution in [0.15, 0.2) is 34.7 Å². The lowest BCUT2D eigenvalue weighted by Crippen LogP contribution is -2.13. The molecule has 1 heterocycles. The van der Waals surface area contributed by atoms with Crippen molar-refractivity contribution in [2.75, 3.05) is 0 Å². The zero-order valence-corrected chi connectivity index (χ0v) is 10.1. The van der Waals surface area contributed by atoms with Gasteiger partial charge in [-0.2, -0.15) is 5.10 Å². The standard InChI is InChI=1S/C10H8N4O3S/c1-6(15)9-12-14(10(18-9)11-13-17)7-2-4-8(16)5-3-7/h2-5,16H,1H3. The first kappa shape index (κ1) is 12.1. The molecule has 0 radical (unpaired) electrons. The molecule has 2 aromatic rings. The summed E-state index contributed by atoms with van der Waals surface area (Å²) in [5, 5.41) is 19.3. The van der Waals surface area contributed by atoms with Gasteiger partial charge in [0.2, 0.25) is 4.80 Å². The number of benzene rings is 1. The Bertz CT molecular complexity index is 657. The van der Waals surface area contributed by atoms with Crippen LogP contribution in [-0.2, 0) is 0 Å². The molecule has 18 heavy (non-hydrogen) atoms. The Morgan fingerprint density at radius 3 is 2.61 bits per heavy atom. The highest BCUT2D eigenvalue weighted by atomic mass is 32.1. The number of phenols is 1. The average Bonchev–Trinajstić information content (AvgIpc) is 2.75. The molecule has 0 aliphatic heterocycles. The van der Waals surface area contributed by atoms with E-state index < -0.39 is 0 Å². The number of phenolic OH excluding ortho intramolecular Hbond substituents is 1. The van der Waals surface area contributed by atoms with Crippen molar-refractivity contribution in [3.63, 3.8) is 0 Å². The van der Waals surface area contributed by atoms with Crippen molar-refractivity contribution in [2.24, 2.45) is 10.4 Å². The molecule has 0 fully saturated rings. The number of rotatable bonds is 3. The van der Waals surface area contributed by atoms with Crippen molar-refractivity contribution < 1.29 is 9.90 Å². The molecule has 0 bridgehead atoms. The number of carbonyl (C=O) groups excluding carboxylic acids is 1. The predicted octanol–water partition coefficient (Wildman–Crippen LogP) is 1.42. The SMILES string of the molecule is CC(=O)c1nn(-c2ccc(O)cc2)c(=NN=O)s1. The first-order valence-corrected chi connectivity index (χ1v) is 5.70. The summed E-state index contributed by atoms with van der Waals surface area (Å²) < 4.78 is 1.32. The van der Waals surface area contributed by atoms with E-state index in [9.17, 15) is 14.8 Å². The quantitative estimate of drug-likeness (QED) is 0.515. The van der Waals surface area contributed by atoms with Crippen LogP contribution in [0.2, 0.25) is 0 Å². The lowest BCUT2D eigenvalue weighted by Gasteiger charge is -1.99. The Labute approximate surface area is 105 Å². The summed E-state index contributed by atoms with van der Waals surface area (Å²) in [4.78, 5) is 21.7. The number of hydrogen-bond acceptors (Lipinski definition) is 6. The second-order valence-corrected chi connectivity index (χ2v) is 4.31. The minimum absolute atomic E-state index is 0.105. The molecule has 7 nitrogen and oxygen atoms in total. The third-order valence-corrected chi connectivity index (χ3v) is 3.08. The maximum Gasteiger partial charge on any atom is 0.237 e. The van der Waals surface area contributed by atoms with E-state index in [1.54, 1.807) is 12.1 Å². The highest BCUT2D eigenvalue weighted by Gasteiger charge is 2.10. The Kier molecular flexibility index (Phi) is 3.28. The van der Waals surface area contributed by atoms with E-state index in [-0.39, 0.29) is 21.3 Å². The number of nitroso groups, excluding NO2 is 1.